The molecule has 1 aliphatic rings. The van der Waals surface area contributed by atoms with Crippen LogP contribution in [0.2, 0.25) is 5.02 Å². The third kappa shape index (κ3) is 7.69. The van der Waals surface area contributed by atoms with Gasteiger partial charge in [-0.25, -0.2) is 12.8 Å². The molecular weight excluding hydrogens is 577 g/mol. The van der Waals surface area contributed by atoms with Crippen LogP contribution in [0.1, 0.15) is 56.6 Å². The Balaban J connectivity index is 1.71. The van der Waals surface area contributed by atoms with Crippen LogP contribution in [0.15, 0.2) is 77.7 Å². The Hall–Kier alpha value is -3.43. The molecule has 0 radical (unpaired) electrons. The fourth-order valence-corrected chi connectivity index (χ4v) is 6.84. The number of anilines is 1. The van der Waals surface area contributed by atoms with Crippen molar-refractivity contribution < 1.29 is 22.4 Å². The Labute approximate surface area is 252 Å². The minimum Gasteiger partial charge on any atom is -0.352 e. The molecule has 4 rings (SSSR count). The normalized spacial score (nSPS) is 14.7. The second-order valence-electron chi connectivity index (χ2n) is 10.7. The van der Waals surface area contributed by atoms with Crippen LogP contribution < -0.4 is 9.62 Å². The van der Waals surface area contributed by atoms with E-state index in [1.54, 1.807) is 49.4 Å². The first-order valence-electron chi connectivity index (χ1n) is 14.3. The fraction of sp³-hybridized carbons (Fsp3) is 0.375. The first kappa shape index (κ1) is 31.5. The van der Waals surface area contributed by atoms with Crippen molar-refractivity contribution in [3.05, 3.63) is 94.8 Å². The number of carbonyl (C=O) groups excluding carboxylic acids is 2. The lowest BCUT2D eigenvalue weighted by Crippen LogP contribution is -2.54. The Bertz CT molecular complexity index is 1480. The fourth-order valence-electron chi connectivity index (χ4n) is 5.24. The average Bonchev–Trinajstić information content (AvgIpc) is 2.99. The van der Waals surface area contributed by atoms with Crippen molar-refractivity contribution in [2.24, 2.45) is 0 Å². The third-order valence-electron chi connectivity index (χ3n) is 7.66. The minimum atomic E-state index is -4.19. The topological polar surface area (TPSA) is 86.8 Å². The zero-order valence-electron chi connectivity index (χ0n) is 23.9. The summed E-state index contributed by atoms with van der Waals surface area (Å²) >= 11 is 6.38. The van der Waals surface area contributed by atoms with E-state index in [1.165, 1.54) is 35.2 Å². The van der Waals surface area contributed by atoms with Crippen molar-refractivity contribution in [1.29, 1.82) is 0 Å². The molecule has 224 valence electrons. The van der Waals surface area contributed by atoms with Gasteiger partial charge in [-0.05, 0) is 73.7 Å². The summed E-state index contributed by atoms with van der Waals surface area (Å²) in [6.07, 6.45) is 5.27. The first-order valence-corrected chi connectivity index (χ1v) is 16.1. The number of hydrogen-bond acceptors (Lipinski definition) is 4. The molecule has 3 aromatic rings. The molecule has 1 aliphatic carbocycles. The summed E-state index contributed by atoms with van der Waals surface area (Å²) in [6.45, 7) is 3.05. The number of hydrogen-bond donors (Lipinski definition) is 1. The summed E-state index contributed by atoms with van der Waals surface area (Å²) < 4.78 is 42.5. The molecule has 1 fully saturated rings. The van der Waals surface area contributed by atoms with E-state index in [0.29, 0.717) is 17.0 Å². The van der Waals surface area contributed by atoms with E-state index in [0.717, 1.165) is 42.0 Å². The molecule has 3 aromatic carbocycles. The van der Waals surface area contributed by atoms with E-state index < -0.39 is 34.3 Å². The number of amides is 2. The van der Waals surface area contributed by atoms with E-state index in [2.05, 4.69) is 5.32 Å². The van der Waals surface area contributed by atoms with Crippen LogP contribution in [0.4, 0.5) is 10.1 Å². The quantitative estimate of drug-likeness (QED) is 0.277. The van der Waals surface area contributed by atoms with Crippen LogP contribution in [-0.4, -0.2) is 43.8 Å². The van der Waals surface area contributed by atoms with Crippen molar-refractivity contribution >= 4 is 39.1 Å². The molecule has 0 aliphatic heterocycles. The van der Waals surface area contributed by atoms with Crippen LogP contribution in [0, 0.1) is 12.7 Å². The standard InChI is InChI=1S/C32H37ClFN3O4S/c1-3-30(32(39)35-26-10-6-4-7-11-26)36(21-24-15-17-25(34)18-16-24)31(38)22-37(27-19-14-23(2)29(33)20-27)42(40,41)28-12-8-5-9-13-28/h5,8-9,12-20,26,30H,3-4,6-7,10-11,21-22H2,1-2H3,(H,35,39). The lowest BCUT2D eigenvalue weighted by molar-refractivity contribution is -0.140. The lowest BCUT2D eigenvalue weighted by atomic mass is 9.95. The van der Waals surface area contributed by atoms with Gasteiger partial charge < -0.3 is 10.2 Å². The van der Waals surface area contributed by atoms with E-state index in [9.17, 15) is 22.4 Å². The number of sulfonamides is 1. The van der Waals surface area contributed by atoms with E-state index in [1.807, 2.05) is 6.92 Å². The van der Waals surface area contributed by atoms with Gasteiger partial charge in [0.15, 0.2) is 0 Å². The molecule has 2 amide bonds. The molecule has 1 N–H and O–H groups in total. The Morgan fingerprint density at radius 1 is 1.00 bits per heavy atom. The zero-order valence-corrected chi connectivity index (χ0v) is 25.5. The second-order valence-corrected chi connectivity index (χ2v) is 12.9. The number of nitrogens with zero attached hydrogens (tertiary/aromatic N) is 2. The number of aryl methyl sites for hydroxylation is 1. The number of benzene rings is 3. The van der Waals surface area contributed by atoms with Gasteiger partial charge in [0, 0.05) is 17.6 Å². The molecule has 1 saturated carbocycles. The Morgan fingerprint density at radius 3 is 2.29 bits per heavy atom. The minimum absolute atomic E-state index is 0.00356. The van der Waals surface area contributed by atoms with Crippen LogP contribution in [-0.2, 0) is 26.2 Å². The maximum atomic E-state index is 14.2. The maximum Gasteiger partial charge on any atom is 0.264 e. The van der Waals surface area contributed by atoms with Gasteiger partial charge in [0.2, 0.25) is 11.8 Å². The number of halogens is 2. The Morgan fingerprint density at radius 2 is 1.67 bits per heavy atom. The number of carbonyl (C=O) groups is 2. The summed E-state index contributed by atoms with van der Waals surface area (Å²) in [7, 11) is -4.19. The van der Waals surface area contributed by atoms with E-state index in [-0.39, 0.29) is 29.1 Å². The predicted molar refractivity (Wildman–Crippen MR) is 163 cm³/mol. The smallest absolute Gasteiger partial charge is 0.264 e. The van der Waals surface area contributed by atoms with Gasteiger partial charge in [-0.2, -0.15) is 0 Å². The summed E-state index contributed by atoms with van der Waals surface area (Å²) in [4.78, 5) is 29.1. The second kappa shape index (κ2) is 14.2. The highest BCUT2D eigenvalue weighted by Gasteiger charge is 2.34. The van der Waals surface area contributed by atoms with Crippen molar-refractivity contribution in [2.45, 2.75) is 75.9 Å². The summed E-state index contributed by atoms with van der Waals surface area (Å²) in [5, 5.41) is 3.47. The SMILES string of the molecule is CCC(C(=O)NC1CCCCC1)N(Cc1ccc(F)cc1)C(=O)CN(c1ccc(C)c(Cl)c1)S(=O)(=O)c1ccccc1. The van der Waals surface area contributed by atoms with Gasteiger partial charge in [-0.3, -0.25) is 13.9 Å². The molecule has 0 aromatic heterocycles. The van der Waals surface area contributed by atoms with Gasteiger partial charge in [0.25, 0.3) is 10.0 Å². The van der Waals surface area contributed by atoms with Gasteiger partial charge in [0.05, 0.1) is 10.6 Å². The summed E-state index contributed by atoms with van der Waals surface area (Å²) in [5.41, 5.74) is 1.60. The van der Waals surface area contributed by atoms with Crippen LogP contribution in [0.3, 0.4) is 0 Å². The van der Waals surface area contributed by atoms with Gasteiger partial charge >= 0.3 is 0 Å². The Kier molecular flexibility index (Phi) is 10.6. The van der Waals surface area contributed by atoms with Crippen molar-refractivity contribution in [3.63, 3.8) is 0 Å². The molecule has 1 unspecified atom stereocenters. The van der Waals surface area contributed by atoms with E-state index in [4.69, 9.17) is 11.6 Å². The predicted octanol–water partition coefficient (Wildman–Crippen LogP) is 6.24. The third-order valence-corrected chi connectivity index (χ3v) is 9.85. The van der Waals surface area contributed by atoms with E-state index >= 15 is 0 Å². The molecule has 42 heavy (non-hydrogen) atoms. The summed E-state index contributed by atoms with van der Waals surface area (Å²) in [6, 6.07) is 17.5. The maximum absolute atomic E-state index is 14.2. The molecule has 0 saturated heterocycles. The van der Waals surface area contributed by atoms with Gasteiger partial charge in [-0.15, -0.1) is 0 Å². The molecule has 0 heterocycles. The highest BCUT2D eigenvalue weighted by molar-refractivity contribution is 7.92. The van der Waals surface area contributed by atoms with Crippen LogP contribution in [0.25, 0.3) is 0 Å². The largest absolute Gasteiger partial charge is 0.352 e. The van der Waals surface area contributed by atoms with Gasteiger partial charge in [-0.1, -0.05) is 74.2 Å². The molecule has 7 nitrogen and oxygen atoms in total. The molecule has 10 heteroatoms. The molecular formula is C32H37ClFN3O4S. The molecule has 1 atom stereocenters. The van der Waals surface area contributed by atoms with Crippen LogP contribution in [0.5, 0.6) is 0 Å². The summed E-state index contributed by atoms with van der Waals surface area (Å²) in [5.74, 6) is -1.27. The monoisotopic (exact) mass is 613 g/mol. The number of nitrogens with one attached hydrogen (secondary N) is 1. The zero-order chi connectivity index (χ0) is 30.3. The van der Waals surface area contributed by atoms with Crippen LogP contribution >= 0.6 is 11.6 Å². The first-order chi connectivity index (χ1) is 20.1. The lowest BCUT2D eigenvalue weighted by Gasteiger charge is -2.34. The highest BCUT2D eigenvalue weighted by Crippen LogP contribution is 2.29. The molecule has 0 spiro atoms. The van der Waals surface area contributed by atoms with Crippen molar-refractivity contribution in [1.82, 2.24) is 10.2 Å². The highest BCUT2D eigenvalue weighted by atomic mass is 35.5. The van der Waals surface area contributed by atoms with Crippen molar-refractivity contribution in [3.8, 4) is 0 Å². The van der Waals surface area contributed by atoms with Gasteiger partial charge in [0.1, 0.15) is 18.4 Å². The molecule has 0 bridgehead atoms. The van der Waals surface area contributed by atoms with Crippen molar-refractivity contribution in [2.75, 3.05) is 10.8 Å². The number of rotatable bonds is 11. The average molecular weight is 614 g/mol.